The highest BCUT2D eigenvalue weighted by atomic mass is 32.2. The van der Waals surface area contributed by atoms with Crippen molar-refractivity contribution >= 4 is 19.8 Å². The lowest BCUT2D eigenvalue weighted by Gasteiger charge is -2.06. The van der Waals surface area contributed by atoms with Gasteiger partial charge in [0, 0.05) is 6.26 Å². The molecule has 0 amide bonds. The van der Waals surface area contributed by atoms with Crippen LogP contribution < -0.4 is 5.14 Å². The minimum atomic E-state index is -3.92. The van der Waals surface area contributed by atoms with Gasteiger partial charge in [0.1, 0.15) is 0 Å². The lowest BCUT2D eigenvalue weighted by atomic mass is 10.4. The van der Waals surface area contributed by atoms with E-state index >= 15 is 0 Å². The van der Waals surface area contributed by atoms with Crippen molar-refractivity contribution in [2.24, 2.45) is 5.14 Å². The quantitative estimate of drug-likeness (QED) is 0.772. The monoisotopic (exact) mass is 234 g/mol. The number of hydrogen-bond donors (Lipinski definition) is 2. The molecule has 78 valence electrons. The van der Waals surface area contributed by atoms with Gasteiger partial charge in [-0.25, -0.2) is 22.5 Å². The van der Waals surface area contributed by atoms with Crippen LogP contribution in [0.2, 0.25) is 0 Å². The van der Waals surface area contributed by atoms with Crippen LogP contribution in [0, 0.1) is 4.78 Å². The number of primary sulfonamides is 1. The van der Waals surface area contributed by atoms with Crippen LogP contribution in [-0.2, 0) is 19.8 Å². The molecule has 0 aliphatic carbocycles. The van der Waals surface area contributed by atoms with Crippen LogP contribution in [0.15, 0.2) is 34.1 Å². The fourth-order valence-electron chi connectivity index (χ4n) is 1.01. The lowest BCUT2D eigenvalue weighted by molar-refractivity contribution is 0.595. The number of nitrogens with one attached hydrogen (secondary N) is 1. The SMILES string of the molecule is CS(=N)(=O)c1ccccc1S(N)(=O)=O. The largest absolute Gasteiger partial charge is 0.249 e. The van der Waals surface area contributed by atoms with Crippen molar-refractivity contribution in [1.29, 1.82) is 4.78 Å². The van der Waals surface area contributed by atoms with Crippen LogP contribution in [0.1, 0.15) is 0 Å². The molecule has 7 heteroatoms. The Morgan fingerprint density at radius 1 is 1.14 bits per heavy atom. The standard InChI is InChI=1S/C7H10N2O3S2/c1-13(8,10)6-4-2-3-5-7(6)14(9,11)12/h2-5,8H,1H3,(H2,9,11,12). The molecule has 14 heavy (non-hydrogen) atoms. The first kappa shape index (κ1) is 11.2. The third-order valence-corrected chi connectivity index (χ3v) is 3.87. The molecular formula is C7H10N2O3S2. The molecule has 0 heterocycles. The molecule has 0 spiro atoms. The Labute approximate surface area is 83.0 Å². The first-order valence-electron chi connectivity index (χ1n) is 3.58. The van der Waals surface area contributed by atoms with Crippen molar-refractivity contribution in [2.45, 2.75) is 9.79 Å². The summed E-state index contributed by atoms with van der Waals surface area (Å²) < 4.78 is 40.8. The molecule has 0 aliphatic heterocycles. The lowest BCUT2D eigenvalue weighted by Crippen LogP contribution is -2.15. The van der Waals surface area contributed by atoms with Crippen LogP contribution in [-0.4, -0.2) is 18.9 Å². The molecule has 3 N–H and O–H groups in total. The maximum absolute atomic E-state index is 11.4. The normalized spacial score (nSPS) is 16.1. The summed E-state index contributed by atoms with van der Waals surface area (Å²) in [6, 6.07) is 5.55. The Kier molecular flexibility index (Phi) is 2.66. The topological polar surface area (TPSA) is 101 Å². The second-order valence-corrected chi connectivity index (χ2v) is 6.49. The van der Waals surface area contributed by atoms with E-state index in [9.17, 15) is 12.6 Å². The molecular weight excluding hydrogens is 224 g/mol. The summed E-state index contributed by atoms with van der Waals surface area (Å²) in [5.41, 5.74) is 0. The van der Waals surface area contributed by atoms with E-state index in [1.54, 1.807) is 0 Å². The predicted molar refractivity (Wildman–Crippen MR) is 52.9 cm³/mol. The molecule has 1 unspecified atom stereocenters. The van der Waals surface area contributed by atoms with E-state index in [0.717, 1.165) is 6.26 Å². The van der Waals surface area contributed by atoms with Crippen LogP contribution in [0.4, 0.5) is 0 Å². The second kappa shape index (κ2) is 3.34. The Bertz CT molecular complexity index is 495. The summed E-state index contributed by atoms with van der Waals surface area (Å²) in [5, 5.41) is 4.92. The summed E-state index contributed by atoms with van der Waals surface area (Å²) >= 11 is 0. The number of sulfonamides is 1. The summed E-state index contributed by atoms with van der Waals surface area (Å²) in [6.07, 6.45) is 1.15. The van der Waals surface area contributed by atoms with E-state index in [1.165, 1.54) is 24.3 Å². The van der Waals surface area contributed by atoms with Gasteiger partial charge in [-0.1, -0.05) is 12.1 Å². The zero-order chi connectivity index (χ0) is 11.0. The zero-order valence-electron chi connectivity index (χ0n) is 7.43. The van der Waals surface area contributed by atoms with E-state index in [4.69, 9.17) is 9.92 Å². The fourth-order valence-corrected chi connectivity index (χ4v) is 3.24. The van der Waals surface area contributed by atoms with Crippen molar-refractivity contribution < 1.29 is 12.6 Å². The molecule has 5 nitrogen and oxygen atoms in total. The fraction of sp³-hybridized carbons (Fsp3) is 0.143. The molecule has 0 saturated heterocycles. The number of rotatable bonds is 2. The highest BCUT2D eigenvalue weighted by Gasteiger charge is 2.17. The van der Waals surface area contributed by atoms with E-state index in [0.29, 0.717) is 0 Å². The number of hydrogen-bond acceptors (Lipinski definition) is 4. The summed E-state index contributed by atoms with van der Waals surface area (Å²) in [6.45, 7) is 0. The molecule has 0 radical (unpaired) electrons. The molecule has 0 bridgehead atoms. The van der Waals surface area contributed by atoms with Gasteiger partial charge >= 0.3 is 0 Å². The van der Waals surface area contributed by atoms with Crippen molar-refractivity contribution in [3.63, 3.8) is 0 Å². The molecule has 0 fully saturated rings. The van der Waals surface area contributed by atoms with Crippen LogP contribution in [0.25, 0.3) is 0 Å². The van der Waals surface area contributed by atoms with Gasteiger partial charge in [-0.15, -0.1) is 0 Å². The van der Waals surface area contributed by atoms with Crippen LogP contribution >= 0.6 is 0 Å². The Balaban J connectivity index is 3.64. The Morgan fingerprint density at radius 2 is 1.57 bits per heavy atom. The maximum Gasteiger partial charge on any atom is 0.239 e. The Morgan fingerprint density at radius 3 is 1.86 bits per heavy atom. The van der Waals surface area contributed by atoms with E-state index in [1.807, 2.05) is 0 Å². The minimum absolute atomic E-state index is 0.0532. The van der Waals surface area contributed by atoms with Crippen LogP contribution in [0.5, 0.6) is 0 Å². The first-order chi connectivity index (χ1) is 6.23. The number of benzene rings is 1. The van der Waals surface area contributed by atoms with Gasteiger partial charge in [-0.3, -0.25) is 0 Å². The van der Waals surface area contributed by atoms with E-state index < -0.39 is 19.8 Å². The average Bonchev–Trinajstić information content (AvgIpc) is 2.01. The van der Waals surface area contributed by atoms with Gasteiger partial charge in [-0.2, -0.15) is 0 Å². The highest BCUT2D eigenvalue weighted by Crippen LogP contribution is 2.19. The average molecular weight is 234 g/mol. The van der Waals surface area contributed by atoms with Gasteiger partial charge in [-0.05, 0) is 12.1 Å². The first-order valence-corrected chi connectivity index (χ1v) is 7.10. The van der Waals surface area contributed by atoms with Gasteiger partial charge in [0.15, 0.2) is 0 Å². The summed E-state index contributed by atoms with van der Waals surface area (Å²) in [7, 11) is -6.99. The van der Waals surface area contributed by atoms with Gasteiger partial charge in [0.2, 0.25) is 10.0 Å². The van der Waals surface area contributed by atoms with Crippen molar-refractivity contribution in [2.75, 3.05) is 6.26 Å². The molecule has 1 aromatic carbocycles. The molecule has 0 saturated carbocycles. The van der Waals surface area contributed by atoms with E-state index in [-0.39, 0.29) is 9.79 Å². The number of nitrogens with two attached hydrogens (primary N) is 1. The van der Waals surface area contributed by atoms with Crippen LogP contribution in [0.3, 0.4) is 0 Å². The van der Waals surface area contributed by atoms with Crippen molar-refractivity contribution in [3.05, 3.63) is 24.3 Å². The molecule has 0 aromatic heterocycles. The summed E-state index contributed by atoms with van der Waals surface area (Å²) in [5.74, 6) is 0. The third-order valence-electron chi connectivity index (χ3n) is 1.58. The van der Waals surface area contributed by atoms with Gasteiger partial charge < -0.3 is 0 Å². The molecule has 1 aromatic rings. The van der Waals surface area contributed by atoms with Crippen molar-refractivity contribution in [3.8, 4) is 0 Å². The highest BCUT2D eigenvalue weighted by molar-refractivity contribution is 7.93. The summed E-state index contributed by atoms with van der Waals surface area (Å²) in [4.78, 5) is -0.301. The molecule has 1 atom stereocenters. The minimum Gasteiger partial charge on any atom is -0.249 e. The second-order valence-electron chi connectivity index (χ2n) is 2.84. The van der Waals surface area contributed by atoms with Gasteiger partial charge in [0.05, 0.1) is 19.5 Å². The predicted octanol–water partition coefficient (Wildman–Crippen LogP) is 0.369. The zero-order valence-corrected chi connectivity index (χ0v) is 9.06. The molecule has 0 aliphatic rings. The smallest absolute Gasteiger partial charge is 0.239 e. The Hall–Kier alpha value is -0.920. The maximum atomic E-state index is 11.4. The van der Waals surface area contributed by atoms with E-state index in [2.05, 4.69) is 0 Å². The third kappa shape index (κ3) is 2.31. The van der Waals surface area contributed by atoms with Crippen molar-refractivity contribution in [1.82, 2.24) is 0 Å². The molecule has 1 rings (SSSR count). The van der Waals surface area contributed by atoms with Gasteiger partial charge in [0.25, 0.3) is 0 Å².